The quantitative estimate of drug-likeness (QED) is 0.185. The largest absolute Gasteiger partial charge is 0.507 e. The number of benzene rings is 3. The number of thiazole rings is 1. The molecule has 3 aromatic carbocycles. The first kappa shape index (κ1) is 23.9. The summed E-state index contributed by atoms with van der Waals surface area (Å²) in [5.74, 6) is -3.65. The number of halogens is 3. The molecule has 5 rings (SSSR count). The van der Waals surface area contributed by atoms with E-state index in [4.69, 9.17) is 4.74 Å². The van der Waals surface area contributed by atoms with Gasteiger partial charge in [0.05, 0.1) is 33.4 Å². The number of hydrogen-bond acceptors (Lipinski definition) is 7. The lowest BCUT2D eigenvalue weighted by molar-refractivity contribution is -0.132. The van der Waals surface area contributed by atoms with Crippen LogP contribution in [-0.4, -0.2) is 34.0 Å². The highest BCUT2D eigenvalue weighted by molar-refractivity contribution is 9.10. The number of aliphatic hydroxyl groups is 1. The van der Waals surface area contributed by atoms with Crippen molar-refractivity contribution in [2.45, 2.75) is 6.04 Å². The number of methoxy groups -OCH3 is 1. The number of phenols is 1. The molecule has 0 saturated carbocycles. The molecule has 1 aliphatic heterocycles. The summed E-state index contributed by atoms with van der Waals surface area (Å²) in [6.07, 6.45) is 0. The third-order valence-electron chi connectivity index (χ3n) is 5.69. The minimum absolute atomic E-state index is 0.0538. The van der Waals surface area contributed by atoms with E-state index in [-0.39, 0.29) is 32.2 Å². The second-order valence-electron chi connectivity index (χ2n) is 7.84. The zero-order valence-electron chi connectivity index (χ0n) is 18.3. The lowest BCUT2D eigenvalue weighted by atomic mass is 9.95. The Balaban J connectivity index is 1.77. The molecule has 0 spiro atoms. The van der Waals surface area contributed by atoms with Crippen molar-refractivity contribution < 1.29 is 33.3 Å². The number of aliphatic hydroxyl groups excluding tert-OH is 1. The van der Waals surface area contributed by atoms with Gasteiger partial charge in [-0.05, 0) is 76.1 Å². The van der Waals surface area contributed by atoms with E-state index in [9.17, 15) is 28.6 Å². The van der Waals surface area contributed by atoms with Gasteiger partial charge < -0.3 is 14.9 Å². The van der Waals surface area contributed by atoms with Crippen molar-refractivity contribution in [2.24, 2.45) is 0 Å². The fraction of sp³-hybridized carbons (Fsp3) is 0.0800. The van der Waals surface area contributed by atoms with E-state index in [1.54, 1.807) is 0 Å². The first-order chi connectivity index (χ1) is 17.2. The summed E-state index contributed by atoms with van der Waals surface area (Å²) >= 11 is 4.24. The van der Waals surface area contributed by atoms with Gasteiger partial charge in [-0.25, -0.2) is 13.8 Å². The Morgan fingerprint density at radius 3 is 2.47 bits per heavy atom. The molecule has 0 radical (unpaired) electrons. The Morgan fingerprint density at radius 2 is 1.78 bits per heavy atom. The molecule has 1 amide bonds. The molecular weight excluding hydrogens is 558 g/mol. The first-order valence-corrected chi connectivity index (χ1v) is 12.0. The van der Waals surface area contributed by atoms with Crippen LogP contribution in [0.25, 0.3) is 16.0 Å². The molecular formula is C25H15BrF2N2O5S. The third kappa shape index (κ3) is 3.90. The number of amides is 1. The van der Waals surface area contributed by atoms with Crippen LogP contribution in [0.4, 0.5) is 13.9 Å². The highest BCUT2D eigenvalue weighted by atomic mass is 79.9. The number of aromatic hydroxyl groups is 1. The van der Waals surface area contributed by atoms with E-state index in [0.717, 1.165) is 28.4 Å². The summed E-state index contributed by atoms with van der Waals surface area (Å²) in [6.45, 7) is 0. The van der Waals surface area contributed by atoms with Crippen molar-refractivity contribution in [1.29, 1.82) is 0 Å². The van der Waals surface area contributed by atoms with E-state index in [0.29, 0.717) is 15.8 Å². The summed E-state index contributed by atoms with van der Waals surface area (Å²) in [7, 11) is 1.34. The Kier molecular flexibility index (Phi) is 5.97. The van der Waals surface area contributed by atoms with E-state index < -0.39 is 35.1 Å². The van der Waals surface area contributed by atoms with Gasteiger partial charge in [0.15, 0.2) is 16.6 Å². The molecule has 1 fully saturated rings. The fourth-order valence-corrected chi connectivity index (χ4v) is 5.48. The molecule has 1 aliphatic rings. The SMILES string of the molecule is COc1cc(C2/C(=C(\O)c3ccc(F)cc3)C(=O)C(=O)N2c2nc3ccc(F)cc3s2)cc(Br)c1O. The zero-order valence-corrected chi connectivity index (χ0v) is 20.7. The lowest BCUT2D eigenvalue weighted by Crippen LogP contribution is -2.29. The predicted octanol–water partition coefficient (Wildman–Crippen LogP) is 5.68. The Labute approximate surface area is 215 Å². The van der Waals surface area contributed by atoms with Crippen molar-refractivity contribution in [3.05, 3.63) is 87.4 Å². The molecule has 1 aromatic heterocycles. The highest BCUT2D eigenvalue weighted by Gasteiger charge is 2.48. The summed E-state index contributed by atoms with van der Waals surface area (Å²) in [5.41, 5.74) is 0.581. The van der Waals surface area contributed by atoms with Crippen LogP contribution in [0.1, 0.15) is 17.2 Å². The van der Waals surface area contributed by atoms with Crippen molar-refractivity contribution in [3.63, 3.8) is 0 Å². The molecule has 36 heavy (non-hydrogen) atoms. The first-order valence-electron chi connectivity index (χ1n) is 10.4. The Bertz CT molecular complexity index is 1590. The molecule has 1 atom stereocenters. The summed E-state index contributed by atoms with van der Waals surface area (Å²) in [4.78, 5) is 32.1. The number of fused-ring (bicyclic) bond motifs is 1. The summed E-state index contributed by atoms with van der Waals surface area (Å²) in [5, 5.41) is 21.5. The van der Waals surface area contributed by atoms with Gasteiger partial charge >= 0.3 is 5.91 Å². The molecule has 1 unspecified atom stereocenters. The van der Waals surface area contributed by atoms with Gasteiger partial charge in [-0.2, -0.15) is 0 Å². The van der Waals surface area contributed by atoms with Crippen LogP contribution in [0.3, 0.4) is 0 Å². The number of hydrogen-bond donors (Lipinski definition) is 2. The molecule has 2 heterocycles. The molecule has 1 saturated heterocycles. The molecule has 0 bridgehead atoms. The van der Waals surface area contributed by atoms with Crippen molar-refractivity contribution in [2.75, 3.05) is 12.0 Å². The number of anilines is 1. The number of rotatable bonds is 4. The number of carbonyl (C=O) groups excluding carboxylic acids is 2. The standard InChI is InChI=1S/C25H15BrF2N2O5S/c1-35-17-9-12(8-15(26)22(17)32)20-19(21(31)11-2-4-13(27)5-3-11)23(33)24(34)30(20)25-29-16-7-6-14(28)10-18(16)36-25/h2-10,20,31-32H,1H3/b21-19+. The van der Waals surface area contributed by atoms with Crippen LogP contribution in [0, 0.1) is 11.6 Å². The number of ether oxygens (including phenoxy) is 1. The number of Topliss-reactive ketones (excluding diaryl/α,β-unsaturated/α-hetero) is 1. The maximum atomic E-state index is 13.8. The monoisotopic (exact) mass is 572 g/mol. The maximum Gasteiger partial charge on any atom is 0.301 e. The molecule has 2 N–H and O–H groups in total. The van der Waals surface area contributed by atoms with E-state index in [1.165, 1.54) is 49.6 Å². The Hall–Kier alpha value is -3.83. The second-order valence-corrected chi connectivity index (χ2v) is 9.70. The maximum absolute atomic E-state index is 13.8. The van der Waals surface area contributed by atoms with Crippen LogP contribution in [-0.2, 0) is 9.59 Å². The van der Waals surface area contributed by atoms with Gasteiger partial charge in [0, 0.05) is 5.56 Å². The normalized spacial score (nSPS) is 17.2. The molecule has 182 valence electrons. The highest BCUT2D eigenvalue weighted by Crippen LogP contribution is 2.47. The topological polar surface area (TPSA) is 100.0 Å². The number of ketones is 1. The van der Waals surface area contributed by atoms with Crippen molar-refractivity contribution in [1.82, 2.24) is 4.98 Å². The van der Waals surface area contributed by atoms with Crippen LogP contribution < -0.4 is 9.64 Å². The van der Waals surface area contributed by atoms with Gasteiger partial charge in [0.1, 0.15) is 17.4 Å². The van der Waals surface area contributed by atoms with Gasteiger partial charge in [-0.3, -0.25) is 14.5 Å². The van der Waals surface area contributed by atoms with Crippen LogP contribution in [0.2, 0.25) is 0 Å². The third-order valence-corrected chi connectivity index (χ3v) is 7.32. The summed E-state index contributed by atoms with van der Waals surface area (Å²) < 4.78 is 33.2. The fourth-order valence-electron chi connectivity index (χ4n) is 4.01. The lowest BCUT2D eigenvalue weighted by Gasteiger charge is -2.24. The van der Waals surface area contributed by atoms with Crippen molar-refractivity contribution in [3.8, 4) is 11.5 Å². The molecule has 11 heteroatoms. The average Bonchev–Trinajstić information content (AvgIpc) is 3.38. The van der Waals surface area contributed by atoms with Crippen LogP contribution in [0.5, 0.6) is 11.5 Å². The van der Waals surface area contributed by atoms with Crippen LogP contribution >= 0.6 is 27.3 Å². The summed E-state index contributed by atoms with van der Waals surface area (Å²) in [6, 6.07) is 10.5. The molecule has 4 aromatic rings. The average molecular weight is 573 g/mol. The van der Waals surface area contributed by atoms with Crippen LogP contribution in [0.15, 0.2) is 64.6 Å². The number of aromatic nitrogens is 1. The smallest absolute Gasteiger partial charge is 0.301 e. The number of nitrogens with zero attached hydrogens (tertiary/aromatic N) is 2. The minimum atomic E-state index is -1.19. The number of phenolic OH excluding ortho intramolecular Hbond substituents is 1. The van der Waals surface area contributed by atoms with E-state index in [1.807, 2.05) is 0 Å². The zero-order chi connectivity index (χ0) is 25.7. The minimum Gasteiger partial charge on any atom is -0.507 e. The van der Waals surface area contributed by atoms with Crippen molar-refractivity contribution >= 4 is 60.1 Å². The van der Waals surface area contributed by atoms with E-state index >= 15 is 0 Å². The van der Waals surface area contributed by atoms with Gasteiger partial charge in [0.2, 0.25) is 0 Å². The predicted molar refractivity (Wildman–Crippen MR) is 133 cm³/mol. The second kappa shape index (κ2) is 8.99. The van der Waals surface area contributed by atoms with Gasteiger partial charge in [-0.15, -0.1) is 0 Å². The van der Waals surface area contributed by atoms with Gasteiger partial charge in [-0.1, -0.05) is 11.3 Å². The molecule has 7 nitrogen and oxygen atoms in total. The molecule has 0 aliphatic carbocycles. The number of carbonyl (C=O) groups is 2. The Morgan fingerprint density at radius 1 is 1.08 bits per heavy atom. The van der Waals surface area contributed by atoms with E-state index in [2.05, 4.69) is 20.9 Å². The van der Waals surface area contributed by atoms with Gasteiger partial charge in [0.25, 0.3) is 5.78 Å².